The van der Waals surface area contributed by atoms with Crippen LogP contribution in [-0.2, 0) is 41.4 Å². The minimum absolute atomic E-state index is 0.0852. The summed E-state index contributed by atoms with van der Waals surface area (Å²) in [5, 5.41) is 0.516. The molecule has 276 valence electrons. The summed E-state index contributed by atoms with van der Waals surface area (Å²) < 4.78 is 72.6. The second kappa shape index (κ2) is 11.1. The molecule has 11 bridgehead atoms. The molecular formula is C39H42N6O6S2. The lowest BCUT2D eigenvalue weighted by Crippen LogP contribution is -2.90. The highest BCUT2D eigenvalue weighted by Gasteiger charge is 2.70. The Morgan fingerprint density at radius 3 is 1.47 bits per heavy atom. The van der Waals surface area contributed by atoms with Crippen LogP contribution in [0.5, 0.6) is 0 Å². The highest BCUT2D eigenvalue weighted by atomic mass is 32.2. The first-order valence-electron chi connectivity index (χ1n) is 18.7. The van der Waals surface area contributed by atoms with Crippen molar-refractivity contribution in [2.75, 3.05) is 47.4 Å². The molecule has 7 aliphatic rings. The van der Waals surface area contributed by atoms with E-state index >= 15 is 0 Å². The SMILES string of the molecule is Nc1ccc2c(c1)N1C3CN(CC4CC4)C(C2)C12C1Cc4ccc(N)cc4N2C(CN1CC1CC1)OS(=O)(=O)c1cccc2c(cccc12)S(=O)(=O)O3. The van der Waals surface area contributed by atoms with Gasteiger partial charge in [0.05, 0.1) is 12.1 Å². The summed E-state index contributed by atoms with van der Waals surface area (Å²) in [5.41, 5.74) is 16.8. The van der Waals surface area contributed by atoms with Crippen LogP contribution in [0.3, 0.4) is 0 Å². The van der Waals surface area contributed by atoms with Crippen molar-refractivity contribution in [1.82, 2.24) is 9.80 Å². The van der Waals surface area contributed by atoms with Crippen LogP contribution in [-0.4, -0.2) is 83.0 Å². The van der Waals surface area contributed by atoms with Crippen LogP contribution in [0.2, 0.25) is 0 Å². The van der Waals surface area contributed by atoms with Crippen LogP contribution < -0.4 is 21.3 Å². The molecule has 4 aromatic rings. The number of nitrogen functional groups attached to an aromatic ring is 2. The van der Waals surface area contributed by atoms with Crippen molar-refractivity contribution < 1.29 is 25.2 Å². The lowest BCUT2D eigenvalue weighted by atomic mass is 9.70. The Morgan fingerprint density at radius 1 is 0.623 bits per heavy atom. The van der Waals surface area contributed by atoms with Gasteiger partial charge in [0.25, 0.3) is 20.2 Å². The van der Waals surface area contributed by atoms with Crippen molar-refractivity contribution in [2.24, 2.45) is 11.8 Å². The lowest BCUT2D eigenvalue weighted by molar-refractivity contribution is -0.0946. The number of nitrogens with two attached hydrogens (primary N) is 2. The maximum Gasteiger partial charge on any atom is 0.299 e. The maximum atomic E-state index is 14.8. The Labute approximate surface area is 309 Å². The summed E-state index contributed by atoms with van der Waals surface area (Å²) in [6.07, 6.45) is 3.77. The Balaban J connectivity index is 1.26. The van der Waals surface area contributed by atoms with Crippen LogP contribution >= 0.6 is 0 Å². The molecule has 0 radical (unpaired) electrons. The van der Waals surface area contributed by atoms with E-state index in [0.717, 1.165) is 61.3 Å². The van der Waals surface area contributed by atoms with Crippen molar-refractivity contribution in [3.63, 3.8) is 0 Å². The summed E-state index contributed by atoms with van der Waals surface area (Å²) in [4.78, 5) is 9.05. The Morgan fingerprint density at radius 2 is 1.06 bits per heavy atom. The molecule has 1 spiro atoms. The number of fused-ring (bicyclic) bond motifs is 2. The van der Waals surface area contributed by atoms with Crippen LogP contribution in [0.15, 0.2) is 82.6 Å². The van der Waals surface area contributed by atoms with Gasteiger partial charge in [0.15, 0.2) is 12.5 Å². The van der Waals surface area contributed by atoms with Gasteiger partial charge in [-0.25, -0.2) is 8.37 Å². The molecule has 4 aromatic carbocycles. The van der Waals surface area contributed by atoms with Gasteiger partial charge in [0, 0.05) is 59.7 Å². The topological polar surface area (TPSA) is 152 Å². The van der Waals surface area contributed by atoms with Crippen LogP contribution in [0, 0.1) is 11.8 Å². The second-order valence-electron chi connectivity index (χ2n) is 16.2. The van der Waals surface area contributed by atoms with E-state index in [4.69, 9.17) is 19.8 Å². The summed E-state index contributed by atoms with van der Waals surface area (Å²) in [7, 11) is -8.95. The van der Waals surface area contributed by atoms with Gasteiger partial charge in [-0.2, -0.15) is 16.8 Å². The van der Waals surface area contributed by atoms with Gasteiger partial charge in [-0.1, -0.05) is 36.4 Å². The zero-order chi connectivity index (χ0) is 36.0. The predicted molar refractivity (Wildman–Crippen MR) is 201 cm³/mol. The number of anilines is 4. The first-order valence-corrected chi connectivity index (χ1v) is 21.5. The average molecular weight is 755 g/mol. The average Bonchev–Trinajstić information content (AvgIpc) is 4.05. The lowest BCUT2D eigenvalue weighted by Gasteiger charge is -2.73. The third-order valence-corrected chi connectivity index (χ3v) is 15.5. The van der Waals surface area contributed by atoms with Crippen molar-refractivity contribution in [1.29, 1.82) is 0 Å². The van der Waals surface area contributed by atoms with E-state index in [1.807, 2.05) is 36.4 Å². The molecule has 11 rings (SSSR count). The molecule has 14 heteroatoms. The Hall–Kier alpha value is -3.92. The summed E-state index contributed by atoms with van der Waals surface area (Å²) >= 11 is 0. The van der Waals surface area contributed by atoms with Gasteiger partial charge in [0.2, 0.25) is 0 Å². The van der Waals surface area contributed by atoms with E-state index in [1.54, 1.807) is 24.3 Å². The summed E-state index contributed by atoms with van der Waals surface area (Å²) in [6, 6.07) is 20.8. The van der Waals surface area contributed by atoms with E-state index in [2.05, 4.69) is 19.6 Å². The molecule has 4 N–H and O–H groups in total. The molecule has 4 unspecified atom stereocenters. The highest BCUT2D eigenvalue weighted by Crippen LogP contribution is 2.57. The first kappa shape index (κ1) is 32.5. The molecule has 2 saturated heterocycles. The maximum absolute atomic E-state index is 14.8. The van der Waals surface area contributed by atoms with Crippen LogP contribution in [0.25, 0.3) is 10.8 Å². The number of piperazine rings is 2. The monoisotopic (exact) mass is 754 g/mol. The predicted octanol–water partition coefficient (Wildman–Crippen LogP) is 4.09. The van der Waals surface area contributed by atoms with E-state index in [9.17, 15) is 16.8 Å². The third kappa shape index (κ3) is 4.78. The van der Waals surface area contributed by atoms with Crippen molar-refractivity contribution >= 4 is 53.8 Å². The fourth-order valence-corrected chi connectivity index (χ4v) is 12.8. The number of benzene rings is 4. The number of rotatable bonds is 4. The molecule has 0 aromatic heterocycles. The molecular weight excluding hydrogens is 713 g/mol. The molecule has 4 atom stereocenters. The number of hydrogen-bond acceptors (Lipinski definition) is 12. The zero-order valence-electron chi connectivity index (χ0n) is 29.2. The Kier molecular flexibility index (Phi) is 6.79. The summed E-state index contributed by atoms with van der Waals surface area (Å²) in [6.45, 7) is 2.22. The van der Waals surface area contributed by atoms with Crippen molar-refractivity contribution in [3.05, 3.63) is 83.9 Å². The van der Waals surface area contributed by atoms with E-state index in [0.29, 0.717) is 49.1 Å². The van der Waals surface area contributed by atoms with Crippen molar-refractivity contribution in [2.45, 2.75) is 78.5 Å². The molecule has 53 heavy (non-hydrogen) atoms. The van der Waals surface area contributed by atoms with E-state index in [-0.39, 0.29) is 32.6 Å². The number of hydrogen-bond donors (Lipinski definition) is 2. The standard InChI is InChI=1S/C39H42N6O6S2/c40-27-13-11-25-15-35-39-36-16-26-12-14-28(41)18-32(26)45(39)38(22-43(36)20-24-9-10-24)51-53(48,49)34-6-2-4-30-29(34)3-1-5-33(30)52(46,47)50-37(44(39)31(25)17-27)21-42(35)19-23-7-8-23/h1-6,11-14,17-18,23-24,35-38H,7-10,15-16,19-22,40-41H2. The molecule has 5 aliphatic heterocycles. The van der Waals surface area contributed by atoms with E-state index < -0.39 is 38.4 Å². The molecule has 0 amide bonds. The van der Waals surface area contributed by atoms with Gasteiger partial charge >= 0.3 is 0 Å². The van der Waals surface area contributed by atoms with Gasteiger partial charge in [-0.15, -0.1) is 0 Å². The molecule has 2 aliphatic carbocycles. The van der Waals surface area contributed by atoms with Crippen molar-refractivity contribution in [3.8, 4) is 0 Å². The summed E-state index contributed by atoms with van der Waals surface area (Å²) in [5.74, 6) is 0.967. The highest BCUT2D eigenvalue weighted by molar-refractivity contribution is 7.87. The van der Waals surface area contributed by atoms with E-state index in [1.165, 1.54) is 12.1 Å². The van der Waals surface area contributed by atoms with Crippen LogP contribution in [0.1, 0.15) is 36.8 Å². The molecule has 12 nitrogen and oxygen atoms in total. The molecule has 2 saturated carbocycles. The minimum Gasteiger partial charge on any atom is -0.399 e. The largest absolute Gasteiger partial charge is 0.399 e. The third-order valence-electron chi connectivity index (χ3n) is 12.8. The van der Waals surface area contributed by atoms with Crippen LogP contribution in [0.4, 0.5) is 22.7 Å². The fraction of sp³-hybridized carbons (Fsp3) is 0.436. The van der Waals surface area contributed by atoms with Gasteiger partial charge < -0.3 is 21.3 Å². The van der Waals surface area contributed by atoms with Gasteiger partial charge in [-0.3, -0.25) is 9.80 Å². The zero-order valence-corrected chi connectivity index (χ0v) is 30.8. The smallest absolute Gasteiger partial charge is 0.299 e. The fourth-order valence-electron chi connectivity index (χ4n) is 10.3. The van der Waals surface area contributed by atoms with Gasteiger partial charge in [-0.05, 0) is 97.9 Å². The first-order chi connectivity index (χ1) is 25.5. The molecule has 5 heterocycles. The van der Waals surface area contributed by atoms with Gasteiger partial charge in [0.1, 0.15) is 15.5 Å². The quantitative estimate of drug-likeness (QED) is 0.228. The number of nitrogens with zero attached hydrogens (tertiary/aromatic N) is 4. The second-order valence-corrected chi connectivity index (χ2v) is 19.2. The minimum atomic E-state index is -4.48. The molecule has 4 fully saturated rings. The Bertz CT molecular complexity index is 2270. The normalized spacial score (nSPS) is 31.2.